The van der Waals surface area contributed by atoms with Gasteiger partial charge in [-0.1, -0.05) is 35.3 Å². The predicted octanol–water partition coefficient (Wildman–Crippen LogP) is 5.53. The molecule has 0 aliphatic heterocycles. The lowest BCUT2D eigenvalue weighted by Gasteiger charge is -2.21. The highest BCUT2D eigenvalue weighted by Crippen LogP contribution is 2.23. The number of carbonyl (C=O) groups excluding carboxylic acids is 1. The molecule has 0 saturated carbocycles. The highest BCUT2D eigenvalue weighted by atomic mass is 35.5. The minimum absolute atomic E-state index is 0.0173. The Bertz CT molecular complexity index is 736. The Kier molecular flexibility index (Phi) is 6.36. The summed E-state index contributed by atoms with van der Waals surface area (Å²) in [4.78, 5) is 12.3. The van der Waals surface area contributed by atoms with Crippen LogP contribution in [0.3, 0.4) is 0 Å². The van der Waals surface area contributed by atoms with Gasteiger partial charge in [-0.25, -0.2) is 0 Å². The first-order chi connectivity index (χ1) is 11.6. The van der Waals surface area contributed by atoms with E-state index < -0.39 is 0 Å². The van der Waals surface area contributed by atoms with Gasteiger partial charge in [-0.05, 0) is 70.0 Å². The van der Waals surface area contributed by atoms with Crippen LogP contribution in [0.25, 0.3) is 0 Å². The Hall–Kier alpha value is -1.71. The quantitative estimate of drug-likeness (QED) is 0.741. The second kappa shape index (κ2) is 8.11. The molecule has 0 radical (unpaired) electrons. The van der Waals surface area contributed by atoms with Crippen molar-refractivity contribution in [3.05, 3.63) is 63.6 Å². The maximum atomic E-state index is 12.3. The first-order valence-corrected chi connectivity index (χ1v) is 8.93. The van der Waals surface area contributed by atoms with Crippen LogP contribution in [0.1, 0.15) is 43.6 Å². The van der Waals surface area contributed by atoms with Gasteiger partial charge in [-0.15, -0.1) is 0 Å². The molecular formula is C20H23Cl2NO2. The summed E-state index contributed by atoms with van der Waals surface area (Å²) in [6.07, 6.45) is 0.725. The minimum atomic E-state index is -0.220. The van der Waals surface area contributed by atoms with Crippen molar-refractivity contribution in [2.45, 2.75) is 45.8 Å². The maximum Gasteiger partial charge on any atom is 0.251 e. The molecule has 1 atom stereocenters. The standard InChI is InChI=1S/C20H23Cl2NO2/c1-13(23-19(24)15-7-10-17(21)18(22)12-15)11-14-5-8-16(9-6-14)25-20(2,3)4/h5-10,12-13H,11H2,1-4H3,(H,23,24)/t13-/m0/s1. The number of hydrogen-bond acceptors (Lipinski definition) is 2. The average molecular weight is 380 g/mol. The fraction of sp³-hybridized carbons (Fsp3) is 0.350. The lowest BCUT2D eigenvalue weighted by Crippen LogP contribution is -2.34. The number of ether oxygens (including phenoxy) is 1. The highest BCUT2D eigenvalue weighted by molar-refractivity contribution is 6.42. The number of nitrogens with one attached hydrogen (secondary N) is 1. The van der Waals surface area contributed by atoms with Crippen LogP contribution in [0, 0.1) is 0 Å². The second-order valence-electron chi connectivity index (χ2n) is 7.07. The van der Waals surface area contributed by atoms with Crippen molar-refractivity contribution in [1.29, 1.82) is 0 Å². The minimum Gasteiger partial charge on any atom is -0.488 e. The molecule has 2 aromatic rings. The van der Waals surface area contributed by atoms with Gasteiger partial charge in [0.15, 0.2) is 0 Å². The van der Waals surface area contributed by atoms with Gasteiger partial charge >= 0.3 is 0 Å². The molecule has 0 unspecified atom stereocenters. The van der Waals surface area contributed by atoms with Crippen LogP contribution < -0.4 is 10.1 Å². The molecule has 0 aliphatic rings. The Morgan fingerprint density at radius 1 is 1.08 bits per heavy atom. The topological polar surface area (TPSA) is 38.3 Å². The Morgan fingerprint density at radius 3 is 2.28 bits per heavy atom. The number of hydrogen-bond donors (Lipinski definition) is 1. The third-order valence-electron chi connectivity index (χ3n) is 3.45. The first kappa shape index (κ1) is 19.6. The van der Waals surface area contributed by atoms with Crippen LogP contribution in [0.15, 0.2) is 42.5 Å². The number of carbonyl (C=O) groups is 1. The zero-order valence-corrected chi connectivity index (χ0v) is 16.4. The van der Waals surface area contributed by atoms with E-state index in [1.165, 1.54) is 0 Å². The molecule has 0 bridgehead atoms. The summed E-state index contributed by atoms with van der Waals surface area (Å²) >= 11 is 11.8. The zero-order valence-electron chi connectivity index (χ0n) is 14.9. The molecule has 0 saturated heterocycles. The van der Waals surface area contributed by atoms with Crippen LogP contribution in [-0.2, 0) is 6.42 Å². The Labute approximate surface area is 159 Å². The van der Waals surface area contributed by atoms with Gasteiger partial charge in [-0.2, -0.15) is 0 Å². The van der Waals surface area contributed by atoms with Gasteiger partial charge in [0.1, 0.15) is 11.4 Å². The predicted molar refractivity (Wildman–Crippen MR) is 104 cm³/mol. The van der Waals surface area contributed by atoms with E-state index >= 15 is 0 Å². The van der Waals surface area contributed by atoms with Crippen molar-refractivity contribution in [3.63, 3.8) is 0 Å². The SMILES string of the molecule is C[C@@H](Cc1ccc(OC(C)(C)C)cc1)NC(=O)c1ccc(Cl)c(Cl)c1. The van der Waals surface area contributed by atoms with Crippen LogP contribution >= 0.6 is 23.2 Å². The van der Waals surface area contributed by atoms with E-state index in [-0.39, 0.29) is 17.6 Å². The molecule has 0 aliphatic carbocycles. The molecule has 3 nitrogen and oxygen atoms in total. The van der Waals surface area contributed by atoms with E-state index in [4.69, 9.17) is 27.9 Å². The number of amides is 1. The molecule has 1 N–H and O–H groups in total. The van der Waals surface area contributed by atoms with E-state index in [9.17, 15) is 4.79 Å². The van der Waals surface area contributed by atoms with Crippen LogP contribution in [-0.4, -0.2) is 17.6 Å². The molecule has 0 aromatic heterocycles. The van der Waals surface area contributed by atoms with Crippen molar-refractivity contribution >= 4 is 29.1 Å². The van der Waals surface area contributed by atoms with Crippen LogP contribution in [0.4, 0.5) is 0 Å². The van der Waals surface area contributed by atoms with Crippen LogP contribution in [0.2, 0.25) is 10.0 Å². The third-order valence-corrected chi connectivity index (χ3v) is 4.19. The van der Waals surface area contributed by atoms with Crippen molar-refractivity contribution in [2.24, 2.45) is 0 Å². The largest absolute Gasteiger partial charge is 0.488 e. The van der Waals surface area contributed by atoms with Crippen molar-refractivity contribution in [3.8, 4) is 5.75 Å². The second-order valence-corrected chi connectivity index (χ2v) is 7.88. The normalized spacial score (nSPS) is 12.6. The van der Waals surface area contributed by atoms with Crippen LogP contribution in [0.5, 0.6) is 5.75 Å². The van der Waals surface area contributed by atoms with Crippen molar-refractivity contribution in [2.75, 3.05) is 0 Å². The molecule has 134 valence electrons. The van der Waals surface area contributed by atoms with E-state index in [2.05, 4.69) is 5.32 Å². The lowest BCUT2D eigenvalue weighted by molar-refractivity contribution is 0.0940. The zero-order chi connectivity index (χ0) is 18.6. The summed E-state index contributed by atoms with van der Waals surface area (Å²) < 4.78 is 5.81. The van der Waals surface area contributed by atoms with E-state index in [0.717, 1.165) is 17.7 Å². The lowest BCUT2D eigenvalue weighted by atomic mass is 10.1. The smallest absolute Gasteiger partial charge is 0.251 e. The van der Waals surface area contributed by atoms with Gasteiger partial charge in [0, 0.05) is 11.6 Å². The summed E-state index contributed by atoms with van der Waals surface area (Å²) in [5, 5.41) is 3.78. The summed E-state index contributed by atoms with van der Waals surface area (Å²) in [6.45, 7) is 8.01. The van der Waals surface area contributed by atoms with Crippen molar-refractivity contribution < 1.29 is 9.53 Å². The number of halogens is 2. The summed E-state index contributed by atoms with van der Waals surface area (Å²) in [5.74, 6) is 0.669. The molecule has 2 rings (SSSR count). The molecule has 5 heteroatoms. The number of rotatable bonds is 5. The Morgan fingerprint density at radius 2 is 1.72 bits per heavy atom. The van der Waals surface area contributed by atoms with Gasteiger partial charge in [0.2, 0.25) is 0 Å². The van der Waals surface area contributed by atoms with Gasteiger partial charge in [-0.3, -0.25) is 4.79 Å². The fourth-order valence-electron chi connectivity index (χ4n) is 2.40. The van der Waals surface area contributed by atoms with Gasteiger partial charge < -0.3 is 10.1 Å². The summed E-state index contributed by atoms with van der Waals surface area (Å²) in [6, 6.07) is 12.8. The molecule has 0 spiro atoms. The molecule has 2 aromatic carbocycles. The average Bonchev–Trinajstić information content (AvgIpc) is 2.50. The number of benzene rings is 2. The van der Waals surface area contributed by atoms with E-state index in [0.29, 0.717) is 15.6 Å². The Balaban J connectivity index is 1.94. The first-order valence-electron chi connectivity index (χ1n) is 8.18. The molecule has 0 fully saturated rings. The summed E-state index contributed by atoms with van der Waals surface area (Å²) in [5.41, 5.74) is 1.40. The summed E-state index contributed by atoms with van der Waals surface area (Å²) in [7, 11) is 0. The molecular weight excluding hydrogens is 357 g/mol. The van der Waals surface area contributed by atoms with Gasteiger partial charge in [0.25, 0.3) is 5.91 Å². The maximum absolute atomic E-state index is 12.3. The molecule has 1 amide bonds. The third kappa shape index (κ3) is 6.26. The van der Waals surface area contributed by atoms with Gasteiger partial charge in [0.05, 0.1) is 10.0 Å². The molecule has 25 heavy (non-hydrogen) atoms. The molecule has 0 heterocycles. The fourth-order valence-corrected chi connectivity index (χ4v) is 2.69. The van der Waals surface area contributed by atoms with E-state index in [1.54, 1.807) is 18.2 Å². The monoisotopic (exact) mass is 379 g/mol. The van der Waals surface area contributed by atoms with Crippen molar-refractivity contribution in [1.82, 2.24) is 5.32 Å². The highest BCUT2D eigenvalue weighted by Gasteiger charge is 2.13. The van der Waals surface area contributed by atoms with E-state index in [1.807, 2.05) is 52.0 Å².